The molecule has 0 saturated carbocycles. The van der Waals surface area contributed by atoms with Gasteiger partial charge in [0.05, 0.1) is 12.8 Å². The Balaban J connectivity index is 1.41. The van der Waals surface area contributed by atoms with Gasteiger partial charge in [-0.3, -0.25) is 9.69 Å². The summed E-state index contributed by atoms with van der Waals surface area (Å²) in [5.74, 6) is 0.731. The molecule has 0 aliphatic carbocycles. The lowest BCUT2D eigenvalue weighted by Crippen LogP contribution is -2.46. The molecule has 2 aromatic rings. The molecule has 27 heavy (non-hydrogen) atoms. The predicted octanol–water partition coefficient (Wildman–Crippen LogP) is 3.15. The highest BCUT2D eigenvalue weighted by atomic mass is 16.5. The summed E-state index contributed by atoms with van der Waals surface area (Å²) in [6, 6.07) is 16.4. The van der Waals surface area contributed by atoms with E-state index in [1.165, 1.54) is 5.56 Å². The first kappa shape index (κ1) is 19.4. The number of benzene rings is 2. The highest BCUT2D eigenvalue weighted by Crippen LogP contribution is 2.25. The molecule has 0 atom stereocenters. The summed E-state index contributed by atoms with van der Waals surface area (Å²) in [4.78, 5) is 17.2. The molecule has 1 heterocycles. The fraction of sp³-hybridized carbons (Fsp3) is 0.409. The van der Waals surface area contributed by atoms with Crippen molar-refractivity contribution >= 4 is 11.6 Å². The number of anilines is 1. The first-order chi connectivity index (χ1) is 13.1. The van der Waals surface area contributed by atoms with Crippen molar-refractivity contribution in [2.45, 2.75) is 19.9 Å². The Kier molecular flexibility index (Phi) is 6.85. The van der Waals surface area contributed by atoms with Crippen LogP contribution in [0.1, 0.15) is 17.5 Å². The second kappa shape index (κ2) is 9.53. The molecule has 1 aliphatic rings. The van der Waals surface area contributed by atoms with E-state index in [-0.39, 0.29) is 5.91 Å². The van der Waals surface area contributed by atoms with Gasteiger partial charge in [0.2, 0.25) is 5.91 Å². The SMILES string of the molecule is COc1ccc(C)cc1NC(=O)CCN1CCN(Cc2ccccc2)CC1. The molecule has 1 fully saturated rings. The summed E-state index contributed by atoms with van der Waals surface area (Å²) in [5.41, 5.74) is 3.20. The average molecular weight is 367 g/mol. The Morgan fingerprint density at radius 2 is 1.74 bits per heavy atom. The van der Waals surface area contributed by atoms with Gasteiger partial charge in [0.1, 0.15) is 5.75 Å². The molecule has 1 N–H and O–H groups in total. The number of ether oxygens (including phenoxy) is 1. The van der Waals surface area contributed by atoms with Crippen LogP contribution in [0.5, 0.6) is 5.75 Å². The lowest BCUT2D eigenvalue weighted by atomic mass is 10.2. The number of piperazine rings is 1. The number of nitrogens with one attached hydrogen (secondary N) is 1. The molecule has 0 bridgehead atoms. The number of rotatable bonds is 7. The zero-order chi connectivity index (χ0) is 19.1. The quantitative estimate of drug-likeness (QED) is 0.817. The van der Waals surface area contributed by atoms with Gasteiger partial charge in [-0.05, 0) is 30.2 Å². The number of amides is 1. The molecule has 0 radical (unpaired) electrons. The standard InChI is InChI=1S/C22H29N3O2/c1-18-8-9-21(27-2)20(16-18)23-22(26)10-11-24-12-14-25(15-13-24)17-19-6-4-3-5-7-19/h3-9,16H,10-15,17H2,1-2H3,(H,23,26). The third-order valence-electron chi connectivity index (χ3n) is 5.00. The fourth-order valence-electron chi connectivity index (χ4n) is 3.40. The first-order valence-corrected chi connectivity index (χ1v) is 9.57. The lowest BCUT2D eigenvalue weighted by molar-refractivity contribution is -0.116. The van der Waals surface area contributed by atoms with E-state index >= 15 is 0 Å². The molecule has 0 spiro atoms. The minimum Gasteiger partial charge on any atom is -0.495 e. The number of hydrogen-bond donors (Lipinski definition) is 1. The van der Waals surface area contributed by atoms with Crippen molar-refractivity contribution in [1.82, 2.24) is 9.80 Å². The molecule has 2 aromatic carbocycles. The van der Waals surface area contributed by atoms with Gasteiger partial charge in [0.25, 0.3) is 0 Å². The minimum absolute atomic E-state index is 0.0330. The van der Waals surface area contributed by atoms with Crippen LogP contribution in [-0.4, -0.2) is 55.5 Å². The normalized spacial score (nSPS) is 15.5. The van der Waals surface area contributed by atoms with Crippen LogP contribution in [0.3, 0.4) is 0 Å². The topological polar surface area (TPSA) is 44.8 Å². The monoisotopic (exact) mass is 367 g/mol. The van der Waals surface area contributed by atoms with Gasteiger partial charge in [0, 0.05) is 45.7 Å². The third-order valence-corrected chi connectivity index (χ3v) is 5.00. The van der Waals surface area contributed by atoms with E-state index in [0.29, 0.717) is 12.2 Å². The van der Waals surface area contributed by atoms with Gasteiger partial charge in [-0.2, -0.15) is 0 Å². The average Bonchev–Trinajstić information content (AvgIpc) is 2.68. The van der Waals surface area contributed by atoms with Gasteiger partial charge < -0.3 is 15.0 Å². The van der Waals surface area contributed by atoms with Crippen molar-refractivity contribution in [2.75, 3.05) is 45.2 Å². The van der Waals surface area contributed by atoms with Gasteiger partial charge in [-0.25, -0.2) is 0 Å². The van der Waals surface area contributed by atoms with Crippen LogP contribution in [0.25, 0.3) is 0 Å². The van der Waals surface area contributed by atoms with Crippen molar-refractivity contribution in [2.24, 2.45) is 0 Å². The fourth-order valence-corrected chi connectivity index (χ4v) is 3.40. The first-order valence-electron chi connectivity index (χ1n) is 9.57. The molecule has 0 unspecified atom stereocenters. The zero-order valence-corrected chi connectivity index (χ0v) is 16.3. The minimum atomic E-state index is 0.0330. The summed E-state index contributed by atoms with van der Waals surface area (Å²) in [6.45, 7) is 7.90. The number of aryl methyl sites for hydroxylation is 1. The van der Waals surface area contributed by atoms with Crippen molar-refractivity contribution < 1.29 is 9.53 Å². The van der Waals surface area contributed by atoms with Crippen LogP contribution < -0.4 is 10.1 Å². The molecule has 1 saturated heterocycles. The molecule has 1 amide bonds. The smallest absolute Gasteiger partial charge is 0.225 e. The third kappa shape index (κ3) is 5.81. The Hall–Kier alpha value is -2.37. The van der Waals surface area contributed by atoms with E-state index in [1.807, 2.05) is 25.1 Å². The Labute approximate surface area is 161 Å². The van der Waals surface area contributed by atoms with Crippen LogP contribution in [0.15, 0.2) is 48.5 Å². The summed E-state index contributed by atoms with van der Waals surface area (Å²) >= 11 is 0. The molecule has 5 heteroatoms. The Bertz CT molecular complexity index is 740. The van der Waals surface area contributed by atoms with Crippen LogP contribution >= 0.6 is 0 Å². The number of hydrogen-bond acceptors (Lipinski definition) is 4. The molecule has 5 nitrogen and oxygen atoms in total. The number of carbonyl (C=O) groups excluding carboxylic acids is 1. The van der Waals surface area contributed by atoms with E-state index in [0.717, 1.165) is 50.5 Å². The highest BCUT2D eigenvalue weighted by Gasteiger charge is 2.18. The lowest BCUT2D eigenvalue weighted by Gasteiger charge is -2.34. The number of nitrogens with zero attached hydrogens (tertiary/aromatic N) is 2. The van der Waals surface area contributed by atoms with Crippen molar-refractivity contribution in [3.63, 3.8) is 0 Å². The number of methoxy groups -OCH3 is 1. The maximum atomic E-state index is 12.3. The molecular weight excluding hydrogens is 338 g/mol. The van der Waals surface area contributed by atoms with E-state index in [4.69, 9.17) is 4.74 Å². The van der Waals surface area contributed by atoms with Gasteiger partial charge in [-0.15, -0.1) is 0 Å². The van der Waals surface area contributed by atoms with Gasteiger partial charge in [-0.1, -0.05) is 36.4 Å². The van der Waals surface area contributed by atoms with Gasteiger partial charge >= 0.3 is 0 Å². The van der Waals surface area contributed by atoms with E-state index in [1.54, 1.807) is 7.11 Å². The van der Waals surface area contributed by atoms with Gasteiger partial charge in [0.15, 0.2) is 0 Å². The van der Waals surface area contributed by atoms with Crippen LogP contribution in [0.2, 0.25) is 0 Å². The van der Waals surface area contributed by atoms with Crippen LogP contribution in [0, 0.1) is 6.92 Å². The summed E-state index contributed by atoms with van der Waals surface area (Å²) in [7, 11) is 1.62. The molecule has 0 aromatic heterocycles. The van der Waals surface area contributed by atoms with Crippen molar-refractivity contribution in [3.8, 4) is 5.75 Å². The molecule has 144 valence electrons. The van der Waals surface area contributed by atoms with E-state index < -0.39 is 0 Å². The Morgan fingerprint density at radius 1 is 1.04 bits per heavy atom. The molecular formula is C22H29N3O2. The second-order valence-corrected chi connectivity index (χ2v) is 7.11. The summed E-state index contributed by atoms with van der Waals surface area (Å²) < 4.78 is 5.33. The van der Waals surface area contributed by atoms with Crippen molar-refractivity contribution in [1.29, 1.82) is 0 Å². The van der Waals surface area contributed by atoms with E-state index in [9.17, 15) is 4.79 Å². The highest BCUT2D eigenvalue weighted by molar-refractivity contribution is 5.92. The maximum absolute atomic E-state index is 12.3. The van der Waals surface area contributed by atoms with Crippen LogP contribution in [0.4, 0.5) is 5.69 Å². The van der Waals surface area contributed by atoms with Crippen LogP contribution in [-0.2, 0) is 11.3 Å². The Morgan fingerprint density at radius 3 is 2.44 bits per heavy atom. The van der Waals surface area contributed by atoms with E-state index in [2.05, 4.69) is 45.4 Å². The van der Waals surface area contributed by atoms with Crippen molar-refractivity contribution in [3.05, 3.63) is 59.7 Å². The largest absolute Gasteiger partial charge is 0.495 e. The molecule has 1 aliphatic heterocycles. The number of carbonyl (C=O) groups is 1. The maximum Gasteiger partial charge on any atom is 0.225 e. The predicted molar refractivity (Wildman–Crippen MR) is 109 cm³/mol. The second-order valence-electron chi connectivity index (χ2n) is 7.11. The zero-order valence-electron chi connectivity index (χ0n) is 16.3. The molecule has 3 rings (SSSR count). The summed E-state index contributed by atoms with van der Waals surface area (Å²) in [5, 5.41) is 2.98. The summed E-state index contributed by atoms with van der Waals surface area (Å²) in [6.07, 6.45) is 0.496.